The topological polar surface area (TPSA) is 130 Å². The number of aryl methyl sites for hydroxylation is 1. The van der Waals surface area contributed by atoms with E-state index in [9.17, 15) is 14.3 Å². The lowest BCUT2D eigenvalue weighted by Crippen LogP contribution is -2.39. The highest BCUT2D eigenvalue weighted by atomic mass is 35.5. The monoisotopic (exact) mass is 551 g/mol. The van der Waals surface area contributed by atoms with Crippen LogP contribution in [0, 0.1) is 18.7 Å². The number of nitrogens with zero attached hydrogens (tertiary/aromatic N) is 4. The van der Waals surface area contributed by atoms with Gasteiger partial charge >= 0.3 is 0 Å². The first kappa shape index (κ1) is 27.3. The number of aliphatic imine (C=N–C) groups is 2. The number of halogens is 3. The minimum Gasteiger partial charge on any atom is -0.393 e. The molecule has 0 aliphatic heterocycles. The predicted octanol–water partition coefficient (Wildman–Crippen LogP) is 5.18. The van der Waals surface area contributed by atoms with Crippen LogP contribution in [-0.2, 0) is 4.79 Å². The molecule has 0 bridgehead atoms. The summed E-state index contributed by atoms with van der Waals surface area (Å²) in [5, 5.41) is 16.8. The van der Waals surface area contributed by atoms with Gasteiger partial charge in [-0.05, 0) is 77.1 Å². The number of nitrogens with one attached hydrogen (secondary N) is 2. The van der Waals surface area contributed by atoms with Crippen LogP contribution in [0.5, 0.6) is 0 Å². The standard InChI is InChI=1S/C25H32Cl2FN7O2/c1-13-23(34-24(30-2)32-16-4-3-5-18(36)12-16)35(17-8-6-14(7-9-17)22(29)37)25(31-13)33-21-19(26)10-15(28)11-20(21)27/h10-11,14,16-18,36H,2-9,12H2,1H3,(H2,29,37)(H,31,33)(H,32,34)/t14-,16-,17+,18+/m0/s1. The number of rotatable bonds is 6. The van der Waals surface area contributed by atoms with Crippen molar-refractivity contribution in [3.05, 3.63) is 33.7 Å². The van der Waals surface area contributed by atoms with Crippen LogP contribution in [0.3, 0.4) is 0 Å². The Hall–Kier alpha value is -2.69. The molecule has 1 aromatic carbocycles. The van der Waals surface area contributed by atoms with Crippen LogP contribution in [0.4, 0.5) is 21.8 Å². The Morgan fingerprint density at radius 2 is 1.89 bits per heavy atom. The number of amides is 1. The van der Waals surface area contributed by atoms with Gasteiger partial charge < -0.3 is 21.5 Å². The SMILES string of the molecule is C=N/C(=N\c1c(C)nc(Nc2c(Cl)cc(F)cc2Cl)n1[C@H]1CC[C@@H](C(N)=O)CC1)N[C@H]1CCC[C@@H](O)C1. The lowest BCUT2D eigenvalue weighted by atomic mass is 9.85. The van der Waals surface area contributed by atoms with E-state index in [-0.39, 0.29) is 40.1 Å². The number of hydrogen-bond acceptors (Lipinski definition) is 5. The van der Waals surface area contributed by atoms with Crippen molar-refractivity contribution in [2.75, 3.05) is 5.32 Å². The molecule has 2 aliphatic carbocycles. The normalized spacial score (nSPS) is 24.5. The van der Waals surface area contributed by atoms with Crippen molar-refractivity contribution in [3.8, 4) is 0 Å². The maximum atomic E-state index is 13.8. The van der Waals surface area contributed by atoms with Gasteiger partial charge in [0.15, 0.2) is 5.82 Å². The van der Waals surface area contributed by atoms with Crippen LogP contribution < -0.4 is 16.4 Å². The van der Waals surface area contributed by atoms with E-state index in [1.807, 2.05) is 11.5 Å². The van der Waals surface area contributed by atoms with Gasteiger partial charge in [0, 0.05) is 18.0 Å². The molecule has 0 spiro atoms. The second-order valence-electron chi connectivity index (χ2n) is 9.75. The Morgan fingerprint density at radius 3 is 2.49 bits per heavy atom. The van der Waals surface area contributed by atoms with E-state index in [1.54, 1.807) is 0 Å². The lowest BCUT2D eigenvalue weighted by molar-refractivity contribution is -0.122. The van der Waals surface area contributed by atoms with Crippen LogP contribution >= 0.6 is 23.2 Å². The van der Waals surface area contributed by atoms with Crippen molar-refractivity contribution >= 4 is 59.2 Å². The van der Waals surface area contributed by atoms with E-state index in [0.717, 1.165) is 19.3 Å². The number of imidazole rings is 1. The molecule has 0 saturated heterocycles. The fourth-order valence-electron chi connectivity index (χ4n) is 5.19. The maximum absolute atomic E-state index is 13.8. The third-order valence-electron chi connectivity index (χ3n) is 7.10. The minimum absolute atomic E-state index is 0.0325. The molecule has 2 aromatic rings. The fourth-order valence-corrected chi connectivity index (χ4v) is 5.74. The summed E-state index contributed by atoms with van der Waals surface area (Å²) >= 11 is 12.6. The molecular weight excluding hydrogens is 520 g/mol. The Labute approximate surface area is 225 Å². The molecule has 1 heterocycles. The summed E-state index contributed by atoms with van der Waals surface area (Å²) in [4.78, 5) is 25.3. The van der Waals surface area contributed by atoms with Gasteiger partial charge in [0.1, 0.15) is 5.82 Å². The molecule has 0 radical (unpaired) electrons. The highest BCUT2D eigenvalue weighted by molar-refractivity contribution is 6.39. The second kappa shape index (κ2) is 11.8. The highest BCUT2D eigenvalue weighted by Crippen LogP contribution is 2.41. The van der Waals surface area contributed by atoms with Crippen molar-refractivity contribution in [2.45, 2.75) is 76.5 Å². The molecule has 1 amide bonds. The maximum Gasteiger partial charge on any atom is 0.224 e. The largest absolute Gasteiger partial charge is 0.393 e. The molecule has 9 nitrogen and oxygen atoms in total. The van der Waals surface area contributed by atoms with Gasteiger partial charge in [-0.15, -0.1) is 0 Å². The molecule has 12 heteroatoms. The fraction of sp³-hybridized carbons (Fsp3) is 0.520. The van der Waals surface area contributed by atoms with Crippen LogP contribution in [0.15, 0.2) is 22.1 Å². The summed E-state index contributed by atoms with van der Waals surface area (Å²) in [5.74, 6) is 0.319. The summed E-state index contributed by atoms with van der Waals surface area (Å²) in [6.45, 7) is 5.50. The van der Waals surface area contributed by atoms with Crippen molar-refractivity contribution in [1.82, 2.24) is 14.9 Å². The van der Waals surface area contributed by atoms with Crippen LogP contribution in [0.25, 0.3) is 0 Å². The predicted molar refractivity (Wildman–Crippen MR) is 145 cm³/mol. The summed E-state index contributed by atoms with van der Waals surface area (Å²) in [6, 6.07) is 2.34. The van der Waals surface area contributed by atoms with Gasteiger partial charge in [-0.25, -0.2) is 14.4 Å². The van der Waals surface area contributed by atoms with E-state index >= 15 is 0 Å². The van der Waals surface area contributed by atoms with Gasteiger partial charge in [-0.3, -0.25) is 9.36 Å². The zero-order chi connectivity index (χ0) is 26.7. The number of primary amides is 1. The van der Waals surface area contributed by atoms with Crippen molar-refractivity contribution in [1.29, 1.82) is 0 Å². The number of guanidine groups is 1. The average Bonchev–Trinajstić information content (AvgIpc) is 3.15. The zero-order valence-electron chi connectivity index (χ0n) is 20.7. The smallest absolute Gasteiger partial charge is 0.224 e. The number of carbonyl (C=O) groups is 1. The summed E-state index contributed by atoms with van der Waals surface area (Å²) in [6.07, 6.45) is 5.51. The van der Waals surface area contributed by atoms with Gasteiger partial charge in [0.2, 0.25) is 17.8 Å². The number of carbonyl (C=O) groups excluding carboxylic acids is 1. The van der Waals surface area contributed by atoms with Gasteiger partial charge in [0.25, 0.3) is 0 Å². The zero-order valence-corrected chi connectivity index (χ0v) is 22.2. The van der Waals surface area contributed by atoms with Crippen molar-refractivity contribution < 1.29 is 14.3 Å². The van der Waals surface area contributed by atoms with E-state index in [2.05, 4.69) is 22.3 Å². The molecule has 200 valence electrons. The third kappa shape index (κ3) is 6.42. The lowest BCUT2D eigenvalue weighted by Gasteiger charge is -2.30. The molecule has 5 N–H and O–H groups in total. The average molecular weight is 552 g/mol. The molecule has 4 rings (SSSR count). The molecule has 37 heavy (non-hydrogen) atoms. The number of aliphatic hydroxyl groups excluding tert-OH is 1. The van der Waals surface area contributed by atoms with E-state index in [1.165, 1.54) is 12.1 Å². The summed E-state index contributed by atoms with van der Waals surface area (Å²) in [7, 11) is 0. The molecule has 2 fully saturated rings. The van der Waals surface area contributed by atoms with Crippen molar-refractivity contribution in [2.24, 2.45) is 21.6 Å². The van der Waals surface area contributed by atoms with Crippen LogP contribution in [-0.4, -0.2) is 45.4 Å². The molecule has 2 atom stereocenters. The number of nitrogens with two attached hydrogens (primary N) is 1. The number of hydrogen-bond donors (Lipinski definition) is 4. The molecular formula is C25H32Cl2FN7O2. The van der Waals surface area contributed by atoms with Gasteiger partial charge in [0.05, 0.1) is 27.5 Å². The minimum atomic E-state index is -0.546. The number of aliphatic hydroxyl groups is 1. The first-order valence-corrected chi connectivity index (χ1v) is 13.2. The van der Waals surface area contributed by atoms with E-state index in [4.69, 9.17) is 38.9 Å². The number of aromatic nitrogens is 2. The first-order chi connectivity index (χ1) is 17.7. The molecule has 0 unspecified atom stereocenters. The Morgan fingerprint density at radius 1 is 1.22 bits per heavy atom. The summed E-state index contributed by atoms with van der Waals surface area (Å²) in [5.41, 5.74) is 6.50. The molecule has 1 aromatic heterocycles. The Kier molecular flexibility index (Phi) is 8.71. The van der Waals surface area contributed by atoms with E-state index in [0.29, 0.717) is 61.2 Å². The quantitative estimate of drug-likeness (QED) is 0.290. The Bertz CT molecular complexity index is 1170. The summed E-state index contributed by atoms with van der Waals surface area (Å²) < 4.78 is 15.7. The number of benzene rings is 1. The number of anilines is 2. The van der Waals surface area contributed by atoms with Crippen molar-refractivity contribution in [3.63, 3.8) is 0 Å². The molecule has 2 saturated carbocycles. The van der Waals surface area contributed by atoms with Gasteiger partial charge in [-0.1, -0.05) is 23.2 Å². The Balaban J connectivity index is 1.71. The van der Waals surface area contributed by atoms with Gasteiger partial charge in [-0.2, -0.15) is 4.99 Å². The van der Waals surface area contributed by atoms with E-state index < -0.39 is 5.82 Å². The third-order valence-corrected chi connectivity index (χ3v) is 7.70. The highest BCUT2D eigenvalue weighted by Gasteiger charge is 2.30. The van der Waals surface area contributed by atoms with Crippen LogP contribution in [0.2, 0.25) is 10.0 Å². The molecule has 2 aliphatic rings. The second-order valence-corrected chi connectivity index (χ2v) is 10.6. The first-order valence-electron chi connectivity index (χ1n) is 12.5. The van der Waals surface area contributed by atoms with Crippen LogP contribution in [0.1, 0.15) is 63.1 Å².